The Hall–Kier alpha value is -1.66. The molecule has 0 spiro atoms. The minimum Gasteiger partial charge on any atom is -0.393 e. The zero-order chi connectivity index (χ0) is 13.1. The molecule has 18 heavy (non-hydrogen) atoms. The van der Waals surface area contributed by atoms with Crippen LogP contribution in [0, 0.1) is 0 Å². The molecule has 1 aliphatic rings. The average Bonchev–Trinajstić information content (AvgIpc) is 3.11. The molecule has 0 saturated heterocycles. The molecule has 5 N–H and O–H groups in total. The third-order valence-electron chi connectivity index (χ3n) is 2.55. The normalized spacial score (nSPS) is 22.1. The molecule has 3 rings (SSSR count). The molecular weight excluding hydrogens is 230 g/mol. The van der Waals surface area contributed by atoms with Gasteiger partial charge in [-0.25, -0.2) is 9.97 Å². The second-order valence-electron chi connectivity index (χ2n) is 4.09. The molecule has 6 nitrogen and oxygen atoms in total. The topological polar surface area (TPSA) is 104 Å². The summed E-state index contributed by atoms with van der Waals surface area (Å²) in [4.78, 5) is 12.8. The lowest BCUT2D eigenvalue weighted by Crippen LogP contribution is -2.28. The van der Waals surface area contributed by atoms with E-state index >= 15 is 0 Å². The van der Waals surface area contributed by atoms with E-state index in [-0.39, 0.29) is 6.10 Å². The van der Waals surface area contributed by atoms with Gasteiger partial charge in [-0.15, -0.1) is 0 Å². The van der Waals surface area contributed by atoms with Crippen molar-refractivity contribution in [2.24, 2.45) is 5.73 Å². The molecule has 1 fully saturated rings. The van der Waals surface area contributed by atoms with Crippen molar-refractivity contribution >= 4 is 0 Å². The van der Waals surface area contributed by atoms with E-state index < -0.39 is 0 Å². The molecule has 0 atom stereocenters. The molecule has 0 radical (unpaired) electrons. The predicted molar refractivity (Wildman–Crippen MR) is 69.6 cm³/mol. The van der Waals surface area contributed by atoms with Gasteiger partial charge in [0.05, 0.1) is 18.8 Å². The van der Waals surface area contributed by atoms with Gasteiger partial charge in [0.1, 0.15) is 0 Å². The summed E-state index contributed by atoms with van der Waals surface area (Å²) in [6.45, 7) is 0. The Balaban J connectivity index is 0.000000141. The lowest BCUT2D eigenvalue weighted by atomic mass is 9.94. The number of aliphatic hydroxyl groups is 1. The molecule has 0 bridgehead atoms. The van der Waals surface area contributed by atoms with Crippen molar-refractivity contribution in [3.8, 4) is 0 Å². The number of nitrogens with two attached hydrogens (primary N) is 1. The average molecular weight is 251 g/mol. The Morgan fingerprint density at radius 3 is 1.67 bits per heavy atom. The van der Waals surface area contributed by atoms with E-state index in [0.717, 1.165) is 25.7 Å². The molecule has 0 amide bonds. The smallest absolute Gasteiger partial charge is 0.0919 e. The second kappa shape index (κ2) is 9.38. The van der Waals surface area contributed by atoms with Gasteiger partial charge >= 0.3 is 0 Å². The highest BCUT2D eigenvalue weighted by atomic mass is 16.3. The molecule has 2 aromatic rings. The van der Waals surface area contributed by atoms with Gasteiger partial charge in [0.2, 0.25) is 0 Å². The minimum absolute atomic E-state index is 0.0604. The summed E-state index contributed by atoms with van der Waals surface area (Å²) in [7, 11) is 0. The van der Waals surface area contributed by atoms with Crippen LogP contribution in [0.15, 0.2) is 37.4 Å². The number of rotatable bonds is 0. The van der Waals surface area contributed by atoms with E-state index in [0.29, 0.717) is 6.04 Å². The van der Waals surface area contributed by atoms with E-state index in [2.05, 4.69) is 19.9 Å². The lowest BCUT2D eigenvalue weighted by Gasteiger charge is -2.21. The van der Waals surface area contributed by atoms with E-state index in [1.54, 1.807) is 37.4 Å². The van der Waals surface area contributed by atoms with Crippen LogP contribution in [-0.2, 0) is 0 Å². The van der Waals surface area contributed by atoms with Crippen LogP contribution in [0.3, 0.4) is 0 Å². The standard InChI is InChI=1S/C6H13NO.2C3H4N2/c7-5-1-3-6(8)4-2-5;2*1-2-5-3-4-1/h5-6,8H,1-4,7H2;2*1-3H,(H,4,5). The number of hydrogen-bond acceptors (Lipinski definition) is 4. The largest absolute Gasteiger partial charge is 0.393 e. The summed E-state index contributed by atoms with van der Waals surface area (Å²) < 4.78 is 0. The van der Waals surface area contributed by atoms with Crippen molar-refractivity contribution in [2.45, 2.75) is 37.8 Å². The molecule has 1 aliphatic carbocycles. The van der Waals surface area contributed by atoms with Crippen molar-refractivity contribution in [3.63, 3.8) is 0 Å². The van der Waals surface area contributed by atoms with Gasteiger partial charge in [-0.05, 0) is 25.7 Å². The molecule has 100 valence electrons. The molecule has 6 heteroatoms. The molecule has 1 saturated carbocycles. The van der Waals surface area contributed by atoms with Gasteiger partial charge < -0.3 is 20.8 Å². The Morgan fingerprint density at radius 1 is 0.944 bits per heavy atom. The summed E-state index contributed by atoms with van der Waals surface area (Å²) in [6.07, 6.45) is 13.9. The van der Waals surface area contributed by atoms with Crippen LogP contribution in [0.1, 0.15) is 25.7 Å². The number of aliphatic hydroxyl groups excluding tert-OH is 1. The number of aromatic amines is 2. The summed E-state index contributed by atoms with van der Waals surface area (Å²) in [5, 5.41) is 8.97. The van der Waals surface area contributed by atoms with Crippen LogP contribution in [-0.4, -0.2) is 37.2 Å². The van der Waals surface area contributed by atoms with Crippen molar-refractivity contribution < 1.29 is 5.11 Å². The maximum absolute atomic E-state index is 8.97. The quantitative estimate of drug-likeness (QED) is 0.562. The van der Waals surface area contributed by atoms with Crippen molar-refractivity contribution in [1.82, 2.24) is 19.9 Å². The van der Waals surface area contributed by atoms with Crippen LogP contribution >= 0.6 is 0 Å². The minimum atomic E-state index is -0.0604. The van der Waals surface area contributed by atoms with Crippen molar-refractivity contribution in [2.75, 3.05) is 0 Å². The van der Waals surface area contributed by atoms with Crippen LogP contribution in [0.2, 0.25) is 0 Å². The fourth-order valence-corrected chi connectivity index (χ4v) is 1.53. The van der Waals surface area contributed by atoms with E-state index in [9.17, 15) is 0 Å². The molecule has 2 aromatic heterocycles. The van der Waals surface area contributed by atoms with Gasteiger partial charge in [-0.1, -0.05) is 0 Å². The summed E-state index contributed by atoms with van der Waals surface area (Å²) >= 11 is 0. The van der Waals surface area contributed by atoms with Crippen LogP contribution in [0.5, 0.6) is 0 Å². The molecule has 0 aromatic carbocycles. The Kier molecular flexibility index (Phi) is 7.50. The van der Waals surface area contributed by atoms with Crippen molar-refractivity contribution in [3.05, 3.63) is 37.4 Å². The maximum Gasteiger partial charge on any atom is 0.0919 e. The Labute approximate surface area is 107 Å². The van der Waals surface area contributed by atoms with Crippen LogP contribution in [0.4, 0.5) is 0 Å². The highest BCUT2D eigenvalue weighted by Gasteiger charge is 2.14. The first-order chi connectivity index (χ1) is 8.79. The van der Waals surface area contributed by atoms with Crippen LogP contribution < -0.4 is 5.73 Å². The maximum atomic E-state index is 8.97. The second-order valence-corrected chi connectivity index (χ2v) is 4.09. The van der Waals surface area contributed by atoms with Crippen molar-refractivity contribution in [1.29, 1.82) is 0 Å². The van der Waals surface area contributed by atoms with E-state index in [4.69, 9.17) is 10.8 Å². The van der Waals surface area contributed by atoms with Gasteiger partial charge in [0.15, 0.2) is 0 Å². The molecule has 0 unspecified atom stereocenters. The predicted octanol–water partition coefficient (Wildman–Crippen LogP) is 1.07. The zero-order valence-corrected chi connectivity index (χ0v) is 10.4. The number of nitrogens with one attached hydrogen (secondary N) is 2. The highest BCUT2D eigenvalue weighted by Crippen LogP contribution is 2.15. The van der Waals surface area contributed by atoms with E-state index in [1.165, 1.54) is 0 Å². The fourth-order valence-electron chi connectivity index (χ4n) is 1.53. The number of aromatic nitrogens is 4. The molecule has 2 heterocycles. The third kappa shape index (κ3) is 7.59. The summed E-state index contributed by atoms with van der Waals surface area (Å²) in [6, 6.07) is 0.360. The fraction of sp³-hybridized carbons (Fsp3) is 0.500. The number of nitrogens with zero attached hydrogens (tertiary/aromatic N) is 2. The van der Waals surface area contributed by atoms with Gasteiger partial charge in [0, 0.05) is 30.8 Å². The lowest BCUT2D eigenvalue weighted by molar-refractivity contribution is 0.123. The number of H-pyrrole nitrogens is 2. The first-order valence-corrected chi connectivity index (χ1v) is 6.08. The number of hydrogen-bond donors (Lipinski definition) is 4. The van der Waals surface area contributed by atoms with Gasteiger partial charge in [-0.3, -0.25) is 0 Å². The first kappa shape index (κ1) is 14.4. The molecule has 0 aliphatic heterocycles. The van der Waals surface area contributed by atoms with Crippen LogP contribution in [0.25, 0.3) is 0 Å². The third-order valence-corrected chi connectivity index (χ3v) is 2.55. The summed E-state index contributed by atoms with van der Waals surface area (Å²) in [5.74, 6) is 0. The van der Waals surface area contributed by atoms with Gasteiger partial charge in [0.25, 0.3) is 0 Å². The summed E-state index contributed by atoms with van der Waals surface area (Å²) in [5.41, 5.74) is 5.59. The van der Waals surface area contributed by atoms with Gasteiger partial charge in [-0.2, -0.15) is 0 Å². The molecular formula is C12H21N5O. The Morgan fingerprint density at radius 2 is 1.44 bits per heavy atom. The monoisotopic (exact) mass is 251 g/mol. The SMILES string of the molecule is NC1CCC(O)CC1.c1c[nH]cn1.c1c[nH]cn1. The highest BCUT2D eigenvalue weighted by molar-refractivity contribution is 4.72. The Bertz CT molecular complexity index is 270. The zero-order valence-electron chi connectivity index (χ0n) is 10.4. The number of imidazole rings is 2. The van der Waals surface area contributed by atoms with E-state index in [1.807, 2.05) is 0 Å². The first-order valence-electron chi connectivity index (χ1n) is 6.08.